The molecular formula is C10H7F3N2. The second kappa shape index (κ2) is 3.42. The van der Waals surface area contributed by atoms with Gasteiger partial charge in [0.25, 0.3) is 0 Å². The van der Waals surface area contributed by atoms with Crippen molar-refractivity contribution in [2.45, 2.75) is 6.18 Å². The van der Waals surface area contributed by atoms with Gasteiger partial charge in [-0.15, -0.1) is 0 Å². The highest BCUT2D eigenvalue weighted by molar-refractivity contribution is 5.54. The van der Waals surface area contributed by atoms with E-state index in [9.17, 15) is 13.2 Å². The number of halogens is 3. The smallest absolute Gasteiger partial charge is 0.360 e. The molecule has 0 aromatic carbocycles. The van der Waals surface area contributed by atoms with E-state index in [1.165, 1.54) is 6.07 Å². The quantitative estimate of drug-likeness (QED) is 0.773. The van der Waals surface area contributed by atoms with Gasteiger partial charge in [-0.05, 0) is 24.3 Å². The Morgan fingerprint density at radius 3 is 2.40 bits per heavy atom. The molecule has 0 saturated carbocycles. The molecule has 0 fully saturated rings. The number of hydrogen-bond acceptors (Lipinski definition) is 1. The maximum Gasteiger partial charge on any atom is 0.417 e. The molecular weight excluding hydrogens is 205 g/mol. The second-order valence-corrected chi connectivity index (χ2v) is 3.01. The van der Waals surface area contributed by atoms with Crippen molar-refractivity contribution < 1.29 is 13.2 Å². The van der Waals surface area contributed by atoms with Crippen molar-refractivity contribution in [1.82, 2.24) is 9.97 Å². The first kappa shape index (κ1) is 9.76. The molecule has 5 heteroatoms. The van der Waals surface area contributed by atoms with Crippen molar-refractivity contribution >= 4 is 0 Å². The van der Waals surface area contributed by atoms with Gasteiger partial charge in [-0.2, -0.15) is 13.2 Å². The SMILES string of the molecule is FC(F)(F)c1ccc(-c2ccc[nH]2)nc1. The Kier molecular flexibility index (Phi) is 2.22. The van der Waals surface area contributed by atoms with E-state index in [4.69, 9.17) is 0 Å². The molecule has 78 valence electrons. The average Bonchev–Trinajstić information content (AvgIpc) is 2.69. The predicted octanol–water partition coefficient (Wildman–Crippen LogP) is 3.10. The van der Waals surface area contributed by atoms with Crippen LogP contribution in [0.15, 0.2) is 36.7 Å². The highest BCUT2D eigenvalue weighted by Crippen LogP contribution is 2.29. The summed E-state index contributed by atoms with van der Waals surface area (Å²) in [6, 6.07) is 5.86. The number of nitrogens with one attached hydrogen (secondary N) is 1. The first-order chi connectivity index (χ1) is 7.07. The fourth-order valence-corrected chi connectivity index (χ4v) is 1.21. The summed E-state index contributed by atoms with van der Waals surface area (Å²) >= 11 is 0. The van der Waals surface area contributed by atoms with E-state index in [-0.39, 0.29) is 0 Å². The van der Waals surface area contributed by atoms with Gasteiger partial charge in [-0.25, -0.2) is 0 Å². The Balaban J connectivity index is 2.33. The van der Waals surface area contributed by atoms with Crippen LogP contribution in [0.2, 0.25) is 0 Å². The third-order valence-corrected chi connectivity index (χ3v) is 1.96. The number of rotatable bonds is 1. The minimum absolute atomic E-state index is 0.494. The minimum atomic E-state index is -4.33. The lowest BCUT2D eigenvalue weighted by Crippen LogP contribution is -2.05. The van der Waals surface area contributed by atoms with Gasteiger partial charge >= 0.3 is 6.18 Å². The zero-order valence-corrected chi connectivity index (χ0v) is 7.55. The van der Waals surface area contributed by atoms with Crippen molar-refractivity contribution in [2.24, 2.45) is 0 Å². The van der Waals surface area contributed by atoms with E-state index < -0.39 is 11.7 Å². The highest BCUT2D eigenvalue weighted by Gasteiger charge is 2.30. The van der Waals surface area contributed by atoms with E-state index in [1.807, 2.05) is 0 Å². The van der Waals surface area contributed by atoms with Crippen LogP contribution in [0.25, 0.3) is 11.4 Å². The number of nitrogens with zero attached hydrogens (tertiary/aromatic N) is 1. The van der Waals surface area contributed by atoms with Crippen LogP contribution in [-0.2, 0) is 6.18 Å². The number of H-pyrrole nitrogens is 1. The molecule has 0 atom stereocenters. The molecule has 0 unspecified atom stereocenters. The van der Waals surface area contributed by atoms with Crippen LogP contribution >= 0.6 is 0 Å². The zero-order chi connectivity index (χ0) is 10.9. The summed E-state index contributed by atoms with van der Waals surface area (Å²) in [4.78, 5) is 6.60. The molecule has 0 amide bonds. The normalized spacial score (nSPS) is 11.7. The zero-order valence-electron chi connectivity index (χ0n) is 7.55. The topological polar surface area (TPSA) is 28.7 Å². The van der Waals surface area contributed by atoms with Gasteiger partial charge in [0.2, 0.25) is 0 Å². The Morgan fingerprint density at radius 1 is 1.13 bits per heavy atom. The molecule has 2 heterocycles. The molecule has 2 aromatic heterocycles. The summed E-state index contributed by atoms with van der Waals surface area (Å²) in [5, 5.41) is 0. The summed E-state index contributed by atoms with van der Waals surface area (Å²) < 4.78 is 36.6. The lowest BCUT2D eigenvalue weighted by atomic mass is 10.2. The molecule has 0 spiro atoms. The maximum atomic E-state index is 12.2. The summed E-state index contributed by atoms with van der Waals surface area (Å²) in [5.74, 6) is 0. The van der Waals surface area contributed by atoms with Crippen molar-refractivity contribution in [3.8, 4) is 11.4 Å². The molecule has 15 heavy (non-hydrogen) atoms. The van der Waals surface area contributed by atoms with Gasteiger partial charge in [-0.1, -0.05) is 0 Å². The lowest BCUT2D eigenvalue weighted by Gasteiger charge is -2.05. The monoisotopic (exact) mass is 212 g/mol. The van der Waals surface area contributed by atoms with Crippen molar-refractivity contribution in [3.05, 3.63) is 42.2 Å². The molecule has 1 N–H and O–H groups in total. The van der Waals surface area contributed by atoms with Crippen LogP contribution in [0.1, 0.15) is 5.56 Å². The van der Waals surface area contributed by atoms with E-state index in [2.05, 4.69) is 9.97 Å². The standard InChI is InChI=1S/C10H7F3N2/c11-10(12,13)7-3-4-9(15-6-7)8-2-1-5-14-8/h1-6,14H. The molecule has 0 aliphatic heterocycles. The van der Waals surface area contributed by atoms with Gasteiger partial charge in [0.15, 0.2) is 0 Å². The third kappa shape index (κ3) is 2.01. The maximum absolute atomic E-state index is 12.2. The third-order valence-electron chi connectivity index (χ3n) is 1.96. The Labute approximate surface area is 83.8 Å². The molecule has 2 rings (SSSR count). The van der Waals surface area contributed by atoms with Crippen LogP contribution in [0.3, 0.4) is 0 Å². The fraction of sp³-hybridized carbons (Fsp3) is 0.100. The Morgan fingerprint density at radius 2 is 1.93 bits per heavy atom. The largest absolute Gasteiger partial charge is 0.417 e. The summed E-state index contributed by atoms with van der Waals surface area (Å²) in [7, 11) is 0. The van der Waals surface area contributed by atoms with Crippen LogP contribution < -0.4 is 0 Å². The van der Waals surface area contributed by atoms with Crippen molar-refractivity contribution in [1.29, 1.82) is 0 Å². The van der Waals surface area contributed by atoms with Gasteiger partial charge in [0, 0.05) is 12.4 Å². The molecule has 0 saturated heterocycles. The average molecular weight is 212 g/mol. The number of alkyl halides is 3. The fourth-order valence-electron chi connectivity index (χ4n) is 1.21. The first-order valence-corrected chi connectivity index (χ1v) is 4.24. The van der Waals surface area contributed by atoms with Crippen molar-refractivity contribution in [2.75, 3.05) is 0 Å². The van der Waals surface area contributed by atoms with E-state index in [1.54, 1.807) is 18.3 Å². The molecule has 0 bridgehead atoms. The van der Waals surface area contributed by atoms with Gasteiger partial charge in [-0.3, -0.25) is 4.98 Å². The summed E-state index contributed by atoms with van der Waals surface area (Å²) in [5.41, 5.74) is 0.453. The first-order valence-electron chi connectivity index (χ1n) is 4.24. The van der Waals surface area contributed by atoms with E-state index in [0.29, 0.717) is 11.4 Å². The molecule has 0 aliphatic carbocycles. The molecule has 2 nitrogen and oxygen atoms in total. The van der Waals surface area contributed by atoms with E-state index >= 15 is 0 Å². The summed E-state index contributed by atoms with van der Waals surface area (Å²) in [6.45, 7) is 0. The lowest BCUT2D eigenvalue weighted by molar-refractivity contribution is -0.137. The van der Waals surface area contributed by atoms with Crippen LogP contribution in [-0.4, -0.2) is 9.97 Å². The number of aromatic amines is 1. The second-order valence-electron chi connectivity index (χ2n) is 3.01. The van der Waals surface area contributed by atoms with Crippen LogP contribution in [0, 0.1) is 0 Å². The predicted molar refractivity (Wildman–Crippen MR) is 49.0 cm³/mol. The van der Waals surface area contributed by atoms with Gasteiger partial charge in [0.05, 0.1) is 17.0 Å². The molecule has 0 aliphatic rings. The van der Waals surface area contributed by atoms with Gasteiger partial charge in [0.1, 0.15) is 0 Å². The molecule has 0 radical (unpaired) electrons. The minimum Gasteiger partial charge on any atom is -0.360 e. The number of hydrogen-bond donors (Lipinski definition) is 1. The summed E-state index contributed by atoms with van der Waals surface area (Å²) in [6.07, 6.45) is -1.81. The van der Waals surface area contributed by atoms with Crippen molar-refractivity contribution in [3.63, 3.8) is 0 Å². The molecule has 2 aromatic rings. The van der Waals surface area contributed by atoms with Gasteiger partial charge < -0.3 is 4.98 Å². The van der Waals surface area contributed by atoms with E-state index in [0.717, 1.165) is 12.3 Å². The Hall–Kier alpha value is -1.78. The van der Waals surface area contributed by atoms with Crippen LogP contribution in [0.5, 0.6) is 0 Å². The number of aromatic nitrogens is 2. The number of pyridine rings is 1. The highest BCUT2D eigenvalue weighted by atomic mass is 19.4. The van der Waals surface area contributed by atoms with Crippen LogP contribution in [0.4, 0.5) is 13.2 Å². The Bertz CT molecular complexity index is 429.